The summed E-state index contributed by atoms with van der Waals surface area (Å²) in [6, 6.07) is 12.2. The van der Waals surface area contributed by atoms with Crippen molar-refractivity contribution in [3.63, 3.8) is 0 Å². The van der Waals surface area contributed by atoms with Crippen LogP contribution in [0.2, 0.25) is 0 Å². The number of nitrogens with one attached hydrogen (secondary N) is 2. The molecule has 0 aliphatic rings. The van der Waals surface area contributed by atoms with Gasteiger partial charge in [0.15, 0.2) is 0 Å². The van der Waals surface area contributed by atoms with E-state index in [1.807, 2.05) is 24.3 Å². The van der Waals surface area contributed by atoms with Gasteiger partial charge in [0.05, 0.1) is 17.3 Å². The van der Waals surface area contributed by atoms with Crippen molar-refractivity contribution in [3.05, 3.63) is 59.5 Å². The highest BCUT2D eigenvalue weighted by Gasteiger charge is 2.03. The molecule has 3 rings (SSSR count). The summed E-state index contributed by atoms with van der Waals surface area (Å²) in [5.74, 6) is -0.490. The monoisotopic (exact) mass is 266 g/mol. The Labute approximate surface area is 114 Å². The molecule has 0 amide bonds. The number of anilines is 1. The van der Waals surface area contributed by atoms with E-state index >= 15 is 0 Å². The van der Waals surface area contributed by atoms with E-state index in [0.717, 1.165) is 22.2 Å². The number of nitriles is 1. The second-order valence-electron chi connectivity index (χ2n) is 4.45. The van der Waals surface area contributed by atoms with Crippen LogP contribution in [0.1, 0.15) is 11.1 Å². The smallest absolute Gasteiger partial charge is 0.140 e. The molecule has 0 aliphatic carbocycles. The van der Waals surface area contributed by atoms with Gasteiger partial charge in [0.25, 0.3) is 0 Å². The zero-order valence-electron chi connectivity index (χ0n) is 10.5. The van der Waals surface area contributed by atoms with Gasteiger partial charge in [-0.2, -0.15) is 10.4 Å². The van der Waals surface area contributed by atoms with Crippen LogP contribution in [-0.4, -0.2) is 10.2 Å². The van der Waals surface area contributed by atoms with Gasteiger partial charge in [-0.3, -0.25) is 5.10 Å². The third-order valence-corrected chi connectivity index (χ3v) is 3.09. The fourth-order valence-electron chi connectivity index (χ4n) is 2.02. The number of nitrogens with zero attached hydrogens (tertiary/aromatic N) is 2. The molecular formula is C15H11FN4. The van der Waals surface area contributed by atoms with Crippen LogP contribution >= 0.6 is 0 Å². The van der Waals surface area contributed by atoms with Gasteiger partial charge < -0.3 is 5.32 Å². The molecule has 1 aromatic heterocycles. The number of hydrogen-bond acceptors (Lipinski definition) is 3. The van der Waals surface area contributed by atoms with Gasteiger partial charge in [-0.1, -0.05) is 6.07 Å². The first kappa shape index (κ1) is 12.2. The number of aromatic amines is 1. The predicted molar refractivity (Wildman–Crippen MR) is 74.5 cm³/mol. The summed E-state index contributed by atoms with van der Waals surface area (Å²) in [6.45, 7) is 0.526. The first-order chi connectivity index (χ1) is 9.76. The molecule has 0 atom stereocenters. The van der Waals surface area contributed by atoms with Crippen molar-refractivity contribution >= 4 is 16.6 Å². The molecule has 0 fully saturated rings. The van der Waals surface area contributed by atoms with Crippen LogP contribution in [0.25, 0.3) is 10.9 Å². The zero-order valence-corrected chi connectivity index (χ0v) is 10.5. The molecule has 0 bridgehead atoms. The average Bonchev–Trinajstić information content (AvgIpc) is 2.94. The number of aromatic nitrogens is 2. The van der Waals surface area contributed by atoms with E-state index in [1.165, 1.54) is 6.07 Å². The fraction of sp³-hybridized carbons (Fsp3) is 0.0667. The number of benzene rings is 2. The van der Waals surface area contributed by atoms with Crippen LogP contribution in [0, 0.1) is 17.1 Å². The van der Waals surface area contributed by atoms with E-state index in [4.69, 9.17) is 5.26 Å². The first-order valence-corrected chi connectivity index (χ1v) is 6.12. The molecular weight excluding hydrogens is 255 g/mol. The standard InChI is InChI=1S/C15H11FN4/c16-14-3-1-10(5-11(14)7-17)8-18-13-2-4-15-12(6-13)9-19-20-15/h1-6,9,18H,8H2,(H,19,20). The van der Waals surface area contributed by atoms with Crippen LogP contribution in [0.5, 0.6) is 0 Å². The van der Waals surface area contributed by atoms with Crippen molar-refractivity contribution in [2.75, 3.05) is 5.32 Å². The summed E-state index contributed by atoms with van der Waals surface area (Å²) < 4.78 is 13.2. The molecule has 0 unspecified atom stereocenters. The molecule has 20 heavy (non-hydrogen) atoms. The Hall–Kier alpha value is -2.87. The number of halogens is 1. The Balaban J connectivity index is 1.77. The topological polar surface area (TPSA) is 64.5 Å². The minimum atomic E-state index is -0.490. The largest absolute Gasteiger partial charge is 0.381 e. The van der Waals surface area contributed by atoms with Crippen LogP contribution in [-0.2, 0) is 6.54 Å². The Bertz CT molecular complexity index is 801. The van der Waals surface area contributed by atoms with Crippen molar-refractivity contribution in [2.45, 2.75) is 6.54 Å². The Morgan fingerprint density at radius 1 is 1.25 bits per heavy atom. The molecule has 5 heteroatoms. The zero-order chi connectivity index (χ0) is 13.9. The van der Waals surface area contributed by atoms with Gasteiger partial charge in [-0.15, -0.1) is 0 Å². The third-order valence-electron chi connectivity index (χ3n) is 3.09. The minimum absolute atomic E-state index is 0.0644. The summed E-state index contributed by atoms with van der Waals surface area (Å²) in [6.07, 6.45) is 1.76. The average molecular weight is 266 g/mol. The van der Waals surface area contributed by atoms with Gasteiger partial charge in [0, 0.05) is 17.6 Å². The van der Waals surface area contributed by atoms with E-state index in [0.29, 0.717) is 6.54 Å². The SMILES string of the molecule is N#Cc1cc(CNc2ccc3[nH]ncc3c2)ccc1F. The van der Waals surface area contributed by atoms with E-state index in [-0.39, 0.29) is 5.56 Å². The van der Waals surface area contributed by atoms with Crippen molar-refractivity contribution in [1.82, 2.24) is 10.2 Å². The predicted octanol–water partition coefficient (Wildman–Crippen LogP) is 3.19. The van der Waals surface area contributed by atoms with E-state index in [2.05, 4.69) is 15.5 Å². The lowest BCUT2D eigenvalue weighted by atomic mass is 10.1. The minimum Gasteiger partial charge on any atom is -0.381 e. The third kappa shape index (κ3) is 2.31. The lowest BCUT2D eigenvalue weighted by molar-refractivity contribution is 0.623. The number of H-pyrrole nitrogens is 1. The highest BCUT2D eigenvalue weighted by Crippen LogP contribution is 2.18. The molecule has 3 aromatic rings. The Kier molecular flexibility index (Phi) is 3.05. The normalized spacial score (nSPS) is 10.4. The van der Waals surface area contributed by atoms with Crippen molar-refractivity contribution < 1.29 is 4.39 Å². The summed E-state index contributed by atoms with van der Waals surface area (Å²) >= 11 is 0. The van der Waals surface area contributed by atoms with E-state index in [9.17, 15) is 4.39 Å². The summed E-state index contributed by atoms with van der Waals surface area (Å²) in [5.41, 5.74) is 2.84. The quantitative estimate of drug-likeness (QED) is 0.765. The number of rotatable bonds is 3. The molecule has 0 aliphatic heterocycles. The highest BCUT2D eigenvalue weighted by atomic mass is 19.1. The molecule has 4 nitrogen and oxygen atoms in total. The lowest BCUT2D eigenvalue weighted by Crippen LogP contribution is -2.00. The van der Waals surface area contributed by atoms with Gasteiger partial charge >= 0.3 is 0 Å². The fourth-order valence-corrected chi connectivity index (χ4v) is 2.02. The van der Waals surface area contributed by atoms with Crippen LogP contribution in [0.15, 0.2) is 42.6 Å². The molecule has 0 saturated carbocycles. The Morgan fingerprint density at radius 2 is 2.15 bits per heavy atom. The van der Waals surface area contributed by atoms with Gasteiger partial charge in [-0.05, 0) is 35.9 Å². The maximum Gasteiger partial charge on any atom is 0.140 e. The molecule has 2 aromatic carbocycles. The summed E-state index contributed by atoms with van der Waals surface area (Å²) in [7, 11) is 0. The molecule has 98 valence electrons. The van der Waals surface area contributed by atoms with Gasteiger partial charge in [0.1, 0.15) is 11.9 Å². The van der Waals surface area contributed by atoms with Gasteiger partial charge in [-0.25, -0.2) is 4.39 Å². The van der Waals surface area contributed by atoms with Crippen molar-refractivity contribution in [2.24, 2.45) is 0 Å². The van der Waals surface area contributed by atoms with Crippen LogP contribution < -0.4 is 5.32 Å². The van der Waals surface area contributed by atoms with Crippen LogP contribution in [0.4, 0.5) is 10.1 Å². The number of fused-ring (bicyclic) bond motifs is 1. The summed E-state index contributed by atoms with van der Waals surface area (Å²) in [4.78, 5) is 0. The maximum absolute atomic E-state index is 13.2. The molecule has 1 heterocycles. The van der Waals surface area contributed by atoms with Gasteiger partial charge in [0.2, 0.25) is 0 Å². The van der Waals surface area contributed by atoms with E-state index in [1.54, 1.807) is 18.3 Å². The number of hydrogen-bond donors (Lipinski definition) is 2. The second kappa shape index (κ2) is 5.02. The molecule has 0 saturated heterocycles. The highest BCUT2D eigenvalue weighted by molar-refractivity contribution is 5.81. The van der Waals surface area contributed by atoms with Crippen molar-refractivity contribution in [3.8, 4) is 6.07 Å². The molecule has 0 radical (unpaired) electrons. The molecule has 2 N–H and O–H groups in total. The van der Waals surface area contributed by atoms with Crippen molar-refractivity contribution in [1.29, 1.82) is 5.26 Å². The van der Waals surface area contributed by atoms with E-state index < -0.39 is 5.82 Å². The van der Waals surface area contributed by atoms with Crippen LogP contribution in [0.3, 0.4) is 0 Å². The Morgan fingerprint density at radius 3 is 3.00 bits per heavy atom. The second-order valence-corrected chi connectivity index (χ2v) is 4.45. The first-order valence-electron chi connectivity index (χ1n) is 6.12. The molecule has 0 spiro atoms. The lowest BCUT2D eigenvalue weighted by Gasteiger charge is -2.07. The maximum atomic E-state index is 13.2. The summed E-state index contributed by atoms with van der Waals surface area (Å²) in [5, 5.41) is 19.9.